The molecule has 1 aliphatic heterocycles. The van der Waals surface area contributed by atoms with Gasteiger partial charge in [-0.1, -0.05) is 22.9 Å². The number of hydrogen-bond acceptors (Lipinski definition) is 3. The first-order valence-corrected chi connectivity index (χ1v) is 7.32. The Morgan fingerprint density at radius 3 is 2.94 bits per heavy atom. The van der Waals surface area contributed by atoms with E-state index in [1.165, 1.54) is 12.8 Å². The Morgan fingerprint density at radius 2 is 2.33 bits per heavy atom. The summed E-state index contributed by atoms with van der Waals surface area (Å²) in [7, 11) is 0. The normalized spacial score (nSPS) is 19.9. The van der Waals surface area contributed by atoms with E-state index in [4.69, 9.17) is 0 Å². The highest BCUT2D eigenvalue weighted by Gasteiger charge is 2.20. The van der Waals surface area contributed by atoms with Gasteiger partial charge in [-0.15, -0.1) is 0 Å². The topological polar surface area (TPSA) is 46.4 Å². The molecule has 0 amide bonds. The molecular formula is C13H17BrN2O2. The molecule has 18 heavy (non-hydrogen) atoms. The molecule has 0 aromatic heterocycles. The maximum Gasteiger partial charge on any atom is 0.269 e. The third kappa shape index (κ3) is 2.83. The first-order valence-electron chi connectivity index (χ1n) is 6.20. The van der Waals surface area contributed by atoms with Gasteiger partial charge in [0, 0.05) is 36.2 Å². The summed E-state index contributed by atoms with van der Waals surface area (Å²) < 4.78 is 0. The molecule has 1 aliphatic rings. The van der Waals surface area contributed by atoms with Crippen LogP contribution in [-0.2, 0) is 5.33 Å². The molecular weight excluding hydrogens is 296 g/mol. The lowest BCUT2D eigenvalue weighted by molar-refractivity contribution is -0.384. The van der Waals surface area contributed by atoms with Crippen molar-refractivity contribution < 1.29 is 4.92 Å². The van der Waals surface area contributed by atoms with E-state index in [1.54, 1.807) is 12.1 Å². The fourth-order valence-corrected chi connectivity index (χ4v) is 2.96. The predicted molar refractivity (Wildman–Crippen MR) is 76.3 cm³/mol. The zero-order chi connectivity index (χ0) is 13.1. The highest BCUT2D eigenvalue weighted by atomic mass is 79.9. The maximum absolute atomic E-state index is 10.8. The smallest absolute Gasteiger partial charge is 0.269 e. The summed E-state index contributed by atoms with van der Waals surface area (Å²) in [5.41, 5.74) is 2.29. The summed E-state index contributed by atoms with van der Waals surface area (Å²) in [6.07, 6.45) is 2.47. The van der Waals surface area contributed by atoms with Crippen LogP contribution in [0.4, 0.5) is 11.4 Å². The molecule has 0 spiro atoms. The number of non-ortho nitro benzene ring substituents is 1. The molecule has 1 fully saturated rings. The molecule has 98 valence electrons. The molecule has 1 unspecified atom stereocenters. The van der Waals surface area contributed by atoms with Crippen LogP contribution < -0.4 is 4.90 Å². The lowest BCUT2D eigenvalue weighted by atomic mass is 9.99. The Bertz CT molecular complexity index is 451. The highest BCUT2D eigenvalue weighted by molar-refractivity contribution is 9.08. The van der Waals surface area contributed by atoms with Gasteiger partial charge in [0.25, 0.3) is 5.69 Å². The monoisotopic (exact) mass is 312 g/mol. The first-order chi connectivity index (χ1) is 8.61. The molecule has 0 aliphatic carbocycles. The van der Waals surface area contributed by atoms with E-state index in [9.17, 15) is 10.1 Å². The number of hydrogen-bond donors (Lipinski definition) is 0. The van der Waals surface area contributed by atoms with Crippen LogP contribution in [0.3, 0.4) is 0 Å². The molecule has 2 rings (SSSR count). The van der Waals surface area contributed by atoms with E-state index >= 15 is 0 Å². The van der Waals surface area contributed by atoms with Crippen LogP contribution in [0.1, 0.15) is 25.3 Å². The zero-order valence-corrected chi connectivity index (χ0v) is 12.0. The van der Waals surface area contributed by atoms with Crippen molar-refractivity contribution in [2.75, 3.05) is 18.0 Å². The van der Waals surface area contributed by atoms with Crippen LogP contribution in [0.2, 0.25) is 0 Å². The summed E-state index contributed by atoms with van der Waals surface area (Å²) >= 11 is 3.42. The van der Waals surface area contributed by atoms with Gasteiger partial charge >= 0.3 is 0 Å². The highest BCUT2D eigenvalue weighted by Crippen LogP contribution is 2.30. The standard InChI is InChI=1S/C13H17BrN2O2/c1-10-3-2-6-15(9-10)13-5-4-12(16(17)18)7-11(13)8-14/h4-5,7,10H,2-3,6,8-9H2,1H3. The number of halogens is 1. The number of nitro groups is 1. The lowest BCUT2D eigenvalue weighted by Crippen LogP contribution is -2.34. The zero-order valence-electron chi connectivity index (χ0n) is 10.4. The Balaban J connectivity index is 2.29. The van der Waals surface area contributed by atoms with E-state index in [0.29, 0.717) is 11.2 Å². The first kappa shape index (κ1) is 13.3. The predicted octanol–water partition coefficient (Wildman–Crippen LogP) is 3.73. The summed E-state index contributed by atoms with van der Waals surface area (Å²) in [5.74, 6) is 0.692. The van der Waals surface area contributed by atoms with Gasteiger partial charge < -0.3 is 4.90 Å². The van der Waals surface area contributed by atoms with E-state index < -0.39 is 0 Å². The SMILES string of the molecule is CC1CCCN(c2ccc([N+](=O)[O-])cc2CBr)C1. The van der Waals surface area contributed by atoms with Gasteiger partial charge in [0.1, 0.15) is 0 Å². The van der Waals surface area contributed by atoms with Crippen molar-refractivity contribution in [2.24, 2.45) is 5.92 Å². The van der Waals surface area contributed by atoms with Gasteiger partial charge in [-0.05, 0) is 30.4 Å². The fourth-order valence-electron chi connectivity index (χ4n) is 2.51. The van der Waals surface area contributed by atoms with E-state index in [2.05, 4.69) is 27.8 Å². The number of rotatable bonds is 3. The van der Waals surface area contributed by atoms with Crippen molar-refractivity contribution >= 4 is 27.3 Å². The molecule has 1 saturated heterocycles. The minimum absolute atomic E-state index is 0.165. The van der Waals surface area contributed by atoms with E-state index in [0.717, 1.165) is 24.3 Å². The molecule has 1 atom stereocenters. The number of nitrogens with zero attached hydrogens (tertiary/aromatic N) is 2. The van der Waals surface area contributed by atoms with Crippen molar-refractivity contribution in [3.05, 3.63) is 33.9 Å². The van der Waals surface area contributed by atoms with Crippen molar-refractivity contribution in [1.29, 1.82) is 0 Å². The van der Waals surface area contributed by atoms with Crippen LogP contribution in [0.25, 0.3) is 0 Å². The van der Waals surface area contributed by atoms with Gasteiger partial charge in [0.05, 0.1) is 4.92 Å². The molecule has 4 nitrogen and oxygen atoms in total. The Morgan fingerprint density at radius 1 is 1.56 bits per heavy atom. The average Bonchev–Trinajstić information content (AvgIpc) is 2.37. The Kier molecular flexibility index (Phi) is 4.22. The Labute approximate surface area is 115 Å². The van der Waals surface area contributed by atoms with Crippen LogP contribution in [-0.4, -0.2) is 18.0 Å². The van der Waals surface area contributed by atoms with Crippen LogP contribution in [0.5, 0.6) is 0 Å². The van der Waals surface area contributed by atoms with Gasteiger partial charge in [-0.25, -0.2) is 0 Å². The van der Waals surface area contributed by atoms with Crippen LogP contribution >= 0.6 is 15.9 Å². The van der Waals surface area contributed by atoms with Gasteiger partial charge in [-0.3, -0.25) is 10.1 Å². The quantitative estimate of drug-likeness (QED) is 0.485. The minimum atomic E-state index is -0.339. The van der Waals surface area contributed by atoms with Gasteiger partial charge in [0.2, 0.25) is 0 Å². The number of anilines is 1. The summed E-state index contributed by atoms with van der Waals surface area (Å²) in [5, 5.41) is 11.4. The molecule has 1 aromatic rings. The second-order valence-corrected chi connectivity index (χ2v) is 5.46. The summed E-state index contributed by atoms with van der Waals surface area (Å²) in [6.45, 7) is 4.34. The van der Waals surface area contributed by atoms with Crippen molar-refractivity contribution in [1.82, 2.24) is 0 Å². The van der Waals surface area contributed by atoms with E-state index in [1.807, 2.05) is 6.07 Å². The van der Waals surface area contributed by atoms with Gasteiger partial charge in [-0.2, -0.15) is 0 Å². The molecule has 0 bridgehead atoms. The largest absolute Gasteiger partial charge is 0.371 e. The van der Waals surface area contributed by atoms with Crippen LogP contribution in [0.15, 0.2) is 18.2 Å². The second-order valence-electron chi connectivity index (χ2n) is 4.90. The molecule has 0 saturated carbocycles. The average molecular weight is 313 g/mol. The summed E-state index contributed by atoms with van der Waals surface area (Å²) in [4.78, 5) is 12.8. The Hall–Kier alpha value is -1.10. The van der Waals surface area contributed by atoms with Crippen LogP contribution in [0, 0.1) is 16.0 Å². The maximum atomic E-state index is 10.8. The summed E-state index contributed by atoms with van der Waals surface area (Å²) in [6, 6.07) is 5.15. The molecule has 5 heteroatoms. The molecule has 0 N–H and O–H groups in total. The fraction of sp³-hybridized carbons (Fsp3) is 0.538. The third-order valence-corrected chi connectivity index (χ3v) is 4.02. The molecule has 1 heterocycles. The third-order valence-electron chi connectivity index (χ3n) is 3.42. The lowest BCUT2D eigenvalue weighted by Gasteiger charge is -2.33. The number of nitro benzene ring substituents is 1. The second kappa shape index (κ2) is 5.69. The number of alkyl halides is 1. The van der Waals surface area contributed by atoms with Crippen molar-refractivity contribution in [2.45, 2.75) is 25.1 Å². The minimum Gasteiger partial charge on any atom is -0.371 e. The van der Waals surface area contributed by atoms with Crippen molar-refractivity contribution in [3.8, 4) is 0 Å². The molecule has 1 aromatic carbocycles. The number of piperidine rings is 1. The number of benzene rings is 1. The van der Waals surface area contributed by atoms with E-state index in [-0.39, 0.29) is 10.6 Å². The van der Waals surface area contributed by atoms with Crippen molar-refractivity contribution in [3.63, 3.8) is 0 Å². The van der Waals surface area contributed by atoms with Gasteiger partial charge in [0.15, 0.2) is 0 Å². The molecule has 0 radical (unpaired) electrons.